The molecular formula is C16H15IN4O3. The molecule has 0 aliphatic heterocycles. The van der Waals surface area contributed by atoms with Gasteiger partial charge in [-0.1, -0.05) is 12.1 Å². The third-order valence-corrected chi connectivity index (χ3v) is 3.84. The van der Waals surface area contributed by atoms with Gasteiger partial charge in [0, 0.05) is 27.0 Å². The smallest absolute Gasteiger partial charge is 0.270 e. The molecule has 7 nitrogen and oxygen atoms in total. The summed E-state index contributed by atoms with van der Waals surface area (Å²) in [5.41, 5.74) is 4.31. The molecule has 0 heterocycles. The number of hydrazone groups is 1. The standard InChI is InChI=1S/C16H15IN4O3/c1-11(12-3-2-4-15(9-12)21(23)24)19-20-16(22)10-18-14-7-5-13(17)6-8-14/h2-9,18H,10H2,1H3,(H,20,22)/b19-11-. The number of anilines is 1. The van der Waals surface area contributed by atoms with E-state index in [4.69, 9.17) is 0 Å². The Bertz CT molecular complexity index is 775. The molecule has 0 aliphatic carbocycles. The average molecular weight is 438 g/mol. The molecule has 8 heteroatoms. The zero-order valence-corrected chi connectivity index (χ0v) is 15.0. The molecule has 0 spiro atoms. The first-order valence-corrected chi connectivity index (χ1v) is 8.11. The molecule has 2 rings (SSSR count). The summed E-state index contributed by atoms with van der Waals surface area (Å²) in [6.07, 6.45) is 0. The van der Waals surface area contributed by atoms with Crippen LogP contribution in [0, 0.1) is 13.7 Å². The van der Waals surface area contributed by atoms with Crippen LogP contribution < -0.4 is 10.7 Å². The molecule has 0 aliphatic rings. The van der Waals surface area contributed by atoms with E-state index in [0.717, 1.165) is 9.26 Å². The van der Waals surface area contributed by atoms with E-state index in [1.165, 1.54) is 12.1 Å². The summed E-state index contributed by atoms with van der Waals surface area (Å²) in [5.74, 6) is -0.307. The molecule has 124 valence electrons. The first-order valence-electron chi connectivity index (χ1n) is 7.03. The van der Waals surface area contributed by atoms with Crippen LogP contribution in [0.3, 0.4) is 0 Å². The zero-order chi connectivity index (χ0) is 17.5. The minimum absolute atomic E-state index is 0.0197. The summed E-state index contributed by atoms with van der Waals surface area (Å²) in [6.45, 7) is 1.75. The van der Waals surface area contributed by atoms with Gasteiger partial charge >= 0.3 is 0 Å². The van der Waals surface area contributed by atoms with Gasteiger partial charge in [-0.25, -0.2) is 5.43 Å². The van der Waals surface area contributed by atoms with Crippen molar-refractivity contribution >= 4 is 45.6 Å². The predicted molar refractivity (Wildman–Crippen MR) is 101 cm³/mol. The number of carbonyl (C=O) groups is 1. The van der Waals surface area contributed by atoms with Gasteiger partial charge in [-0.05, 0) is 53.8 Å². The van der Waals surface area contributed by atoms with E-state index in [-0.39, 0.29) is 18.1 Å². The molecule has 2 N–H and O–H groups in total. The van der Waals surface area contributed by atoms with Gasteiger partial charge in [-0.3, -0.25) is 14.9 Å². The highest BCUT2D eigenvalue weighted by Gasteiger charge is 2.08. The predicted octanol–water partition coefficient (Wildman–Crippen LogP) is 3.15. The largest absolute Gasteiger partial charge is 0.376 e. The summed E-state index contributed by atoms with van der Waals surface area (Å²) < 4.78 is 1.11. The maximum absolute atomic E-state index is 11.8. The Labute approximate surface area is 152 Å². The third kappa shape index (κ3) is 5.30. The fourth-order valence-electron chi connectivity index (χ4n) is 1.84. The number of nitrogens with one attached hydrogen (secondary N) is 2. The van der Waals surface area contributed by atoms with E-state index >= 15 is 0 Å². The Hall–Kier alpha value is -2.49. The van der Waals surface area contributed by atoms with Crippen molar-refractivity contribution in [3.05, 3.63) is 67.8 Å². The highest BCUT2D eigenvalue weighted by Crippen LogP contribution is 2.13. The summed E-state index contributed by atoms with van der Waals surface area (Å²) >= 11 is 2.20. The lowest BCUT2D eigenvalue weighted by Gasteiger charge is -2.06. The van der Waals surface area contributed by atoms with Crippen LogP contribution >= 0.6 is 22.6 Å². The lowest BCUT2D eigenvalue weighted by atomic mass is 10.1. The minimum Gasteiger partial charge on any atom is -0.376 e. The van der Waals surface area contributed by atoms with Gasteiger partial charge in [-0.15, -0.1) is 0 Å². The molecule has 0 saturated heterocycles. The number of nitro groups is 1. The Morgan fingerprint density at radius 3 is 2.62 bits per heavy atom. The second-order valence-electron chi connectivity index (χ2n) is 4.90. The Balaban J connectivity index is 1.91. The molecule has 2 aromatic rings. The van der Waals surface area contributed by atoms with Gasteiger partial charge in [0.25, 0.3) is 11.6 Å². The highest BCUT2D eigenvalue weighted by molar-refractivity contribution is 14.1. The number of carbonyl (C=O) groups excluding carboxylic acids is 1. The van der Waals surface area contributed by atoms with Crippen LogP contribution in [-0.4, -0.2) is 23.1 Å². The molecular weight excluding hydrogens is 423 g/mol. The fraction of sp³-hybridized carbons (Fsp3) is 0.125. The Morgan fingerprint density at radius 2 is 1.96 bits per heavy atom. The molecule has 0 unspecified atom stereocenters. The van der Waals surface area contributed by atoms with E-state index in [1.807, 2.05) is 24.3 Å². The van der Waals surface area contributed by atoms with E-state index < -0.39 is 4.92 Å². The van der Waals surface area contributed by atoms with E-state index in [9.17, 15) is 14.9 Å². The van der Waals surface area contributed by atoms with Gasteiger partial charge in [0.15, 0.2) is 0 Å². The Morgan fingerprint density at radius 1 is 1.25 bits per heavy atom. The van der Waals surface area contributed by atoms with Gasteiger partial charge < -0.3 is 5.32 Å². The number of non-ortho nitro benzene ring substituents is 1. The van der Waals surface area contributed by atoms with Crippen molar-refractivity contribution in [2.75, 3.05) is 11.9 Å². The lowest BCUT2D eigenvalue weighted by molar-refractivity contribution is -0.384. The van der Waals surface area contributed by atoms with E-state index in [2.05, 4.69) is 38.4 Å². The van der Waals surface area contributed by atoms with Crippen LogP contribution in [0.4, 0.5) is 11.4 Å². The maximum Gasteiger partial charge on any atom is 0.270 e. The fourth-order valence-corrected chi connectivity index (χ4v) is 2.20. The second-order valence-corrected chi connectivity index (χ2v) is 6.15. The van der Waals surface area contributed by atoms with Crippen molar-refractivity contribution in [2.24, 2.45) is 5.10 Å². The third-order valence-electron chi connectivity index (χ3n) is 3.12. The topological polar surface area (TPSA) is 96.6 Å². The molecule has 0 bridgehead atoms. The van der Waals surface area contributed by atoms with Crippen LogP contribution in [0.5, 0.6) is 0 Å². The number of rotatable bonds is 6. The van der Waals surface area contributed by atoms with Crippen molar-refractivity contribution in [2.45, 2.75) is 6.92 Å². The molecule has 1 amide bonds. The van der Waals surface area contributed by atoms with Crippen molar-refractivity contribution in [1.29, 1.82) is 0 Å². The van der Waals surface area contributed by atoms with Crippen LogP contribution in [0.15, 0.2) is 53.6 Å². The molecule has 0 aromatic heterocycles. The summed E-state index contributed by atoms with van der Waals surface area (Å²) in [5, 5.41) is 17.7. The van der Waals surface area contributed by atoms with Crippen molar-refractivity contribution < 1.29 is 9.72 Å². The highest BCUT2D eigenvalue weighted by atomic mass is 127. The lowest BCUT2D eigenvalue weighted by Crippen LogP contribution is -2.26. The quantitative estimate of drug-likeness (QED) is 0.314. The number of halogens is 1. The summed E-state index contributed by atoms with van der Waals surface area (Å²) in [7, 11) is 0. The van der Waals surface area contributed by atoms with Crippen LogP contribution in [0.25, 0.3) is 0 Å². The average Bonchev–Trinajstić information content (AvgIpc) is 2.59. The molecule has 2 aromatic carbocycles. The van der Waals surface area contributed by atoms with Gasteiger partial charge in [0.05, 0.1) is 17.2 Å². The summed E-state index contributed by atoms with van der Waals surface area (Å²) in [6, 6.07) is 13.7. The second kappa shape index (κ2) is 8.39. The van der Waals surface area contributed by atoms with Crippen LogP contribution in [-0.2, 0) is 4.79 Å². The zero-order valence-electron chi connectivity index (χ0n) is 12.8. The molecule has 0 saturated carbocycles. The number of hydrogen-bond donors (Lipinski definition) is 2. The normalized spacial score (nSPS) is 11.0. The monoisotopic (exact) mass is 438 g/mol. The van der Waals surface area contributed by atoms with E-state index in [1.54, 1.807) is 19.1 Å². The number of amides is 1. The molecule has 24 heavy (non-hydrogen) atoms. The maximum atomic E-state index is 11.8. The first kappa shape index (κ1) is 17.9. The van der Waals surface area contributed by atoms with Crippen molar-refractivity contribution in [3.8, 4) is 0 Å². The van der Waals surface area contributed by atoms with Crippen molar-refractivity contribution in [1.82, 2.24) is 5.43 Å². The minimum atomic E-state index is -0.472. The van der Waals surface area contributed by atoms with E-state index in [0.29, 0.717) is 11.3 Å². The van der Waals surface area contributed by atoms with Gasteiger partial charge in [0.2, 0.25) is 0 Å². The number of benzene rings is 2. The van der Waals surface area contributed by atoms with Gasteiger partial charge in [0.1, 0.15) is 0 Å². The van der Waals surface area contributed by atoms with Gasteiger partial charge in [-0.2, -0.15) is 5.10 Å². The molecule has 0 atom stereocenters. The number of nitro benzene ring substituents is 1. The molecule has 0 radical (unpaired) electrons. The number of hydrogen-bond acceptors (Lipinski definition) is 5. The SMILES string of the molecule is C/C(=N/NC(=O)CNc1ccc(I)cc1)c1cccc([N+](=O)[O-])c1. The van der Waals surface area contributed by atoms with Crippen LogP contribution in [0.1, 0.15) is 12.5 Å². The number of nitrogens with zero attached hydrogens (tertiary/aromatic N) is 2. The Kier molecular flexibility index (Phi) is 6.24. The summed E-state index contributed by atoms with van der Waals surface area (Å²) in [4.78, 5) is 22.1. The first-order chi connectivity index (χ1) is 11.5. The molecule has 0 fully saturated rings. The van der Waals surface area contributed by atoms with Crippen LogP contribution in [0.2, 0.25) is 0 Å². The van der Waals surface area contributed by atoms with Crippen molar-refractivity contribution in [3.63, 3.8) is 0 Å².